The van der Waals surface area contributed by atoms with Crippen LogP contribution in [0.4, 0.5) is 13.2 Å². The maximum atomic E-state index is 12.4. The summed E-state index contributed by atoms with van der Waals surface area (Å²) in [4.78, 5) is 7.56. The molecule has 0 aliphatic heterocycles. The number of rotatable bonds is 4. The van der Waals surface area contributed by atoms with Crippen molar-refractivity contribution in [2.45, 2.75) is 19.3 Å². The molecule has 2 N–H and O–H groups in total. The number of aliphatic imine (C=N–C) groups is 1. The Bertz CT molecular complexity index is 590. The average Bonchev–Trinajstić information content (AvgIpc) is 3.09. The zero-order valence-corrected chi connectivity index (χ0v) is 12.7. The first-order valence-electron chi connectivity index (χ1n) is 5.96. The molecule has 2 rings (SSSR count). The molecule has 0 saturated carbocycles. The van der Waals surface area contributed by atoms with Gasteiger partial charge in [0.25, 0.3) is 0 Å². The first-order chi connectivity index (χ1) is 9.99. The minimum atomic E-state index is -4.40. The topological polar surface area (TPSA) is 49.3 Å². The van der Waals surface area contributed by atoms with Crippen LogP contribution >= 0.6 is 22.7 Å². The van der Waals surface area contributed by atoms with E-state index in [1.165, 1.54) is 0 Å². The Balaban J connectivity index is 1.84. The molecule has 2 heterocycles. The number of nitrogens with zero attached hydrogens (tertiary/aromatic N) is 2. The van der Waals surface area contributed by atoms with E-state index in [0.29, 0.717) is 17.5 Å². The Morgan fingerprint density at radius 1 is 1.29 bits per heavy atom. The Kier molecular flexibility index (Phi) is 5.18. The summed E-state index contributed by atoms with van der Waals surface area (Å²) in [5, 5.41) is 11.4. The lowest BCUT2D eigenvalue weighted by atomic mass is 10.3. The van der Waals surface area contributed by atoms with Crippen molar-refractivity contribution in [2.75, 3.05) is 7.05 Å². The number of alkyl halides is 3. The minimum Gasteiger partial charge on any atom is -0.352 e. The maximum Gasteiger partial charge on any atom is 0.434 e. The van der Waals surface area contributed by atoms with Crippen molar-refractivity contribution < 1.29 is 13.2 Å². The van der Waals surface area contributed by atoms with Gasteiger partial charge in [0.2, 0.25) is 0 Å². The van der Waals surface area contributed by atoms with Gasteiger partial charge in [0, 0.05) is 19.0 Å². The molecule has 0 spiro atoms. The van der Waals surface area contributed by atoms with Gasteiger partial charge in [-0.05, 0) is 22.4 Å². The number of hydrogen-bond acceptors (Lipinski definition) is 4. The van der Waals surface area contributed by atoms with Crippen LogP contribution in [0.25, 0.3) is 0 Å². The third-order valence-corrected chi connectivity index (χ3v) is 4.09. The van der Waals surface area contributed by atoms with E-state index in [1.807, 2.05) is 16.8 Å². The van der Waals surface area contributed by atoms with Gasteiger partial charge in [0.15, 0.2) is 11.7 Å². The summed E-state index contributed by atoms with van der Waals surface area (Å²) in [6.45, 7) is 0.804. The van der Waals surface area contributed by atoms with E-state index < -0.39 is 11.9 Å². The van der Waals surface area contributed by atoms with Gasteiger partial charge in [-0.15, -0.1) is 11.3 Å². The second-order valence-electron chi connectivity index (χ2n) is 4.04. The van der Waals surface area contributed by atoms with Crippen LogP contribution in [0.15, 0.2) is 27.2 Å². The quantitative estimate of drug-likeness (QED) is 0.667. The van der Waals surface area contributed by atoms with Crippen LogP contribution < -0.4 is 10.6 Å². The number of hydrogen-bond donors (Lipinski definition) is 2. The number of thiazole rings is 1. The van der Waals surface area contributed by atoms with Crippen molar-refractivity contribution >= 4 is 28.6 Å². The highest BCUT2D eigenvalue weighted by molar-refractivity contribution is 7.09. The SMILES string of the molecule is CN=C(NCc1ccsc1)NCc1nc(C(F)(F)F)cs1. The third kappa shape index (κ3) is 4.71. The van der Waals surface area contributed by atoms with E-state index in [4.69, 9.17) is 0 Å². The van der Waals surface area contributed by atoms with Gasteiger partial charge < -0.3 is 10.6 Å². The van der Waals surface area contributed by atoms with E-state index >= 15 is 0 Å². The lowest BCUT2D eigenvalue weighted by Crippen LogP contribution is -2.36. The summed E-state index contributed by atoms with van der Waals surface area (Å²) < 4.78 is 37.3. The molecule has 0 bridgehead atoms. The van der Waals surface area contributed by atoms with Gasteiger partial charge in [0.1, 0.15) is 5.01 Å². The zero-order valence-electron chi connectivity index (χ0n) is 11.1. The monoisotopic (exact) mass is 334 g/mol. The number of aromatic nitrogens is 1. The van der Waals surface area contributed by atoms with E-state index in [1.54, 1.807) is 18.4 Å². The average molecular weight is 334 g/mol. The number of nitrogens with one attached hydrogen (secondary N) is 2. The highest BCUT2D eigenvalue weighted by atomic mass is 32.1. The summed E-state index contributed by atoms with van der Waals surface area (Å²) >= 11 is 2.57. The molecule has 114 valence electrons. The van der Waals surface area contributed by atoms with Gasteiger partial charge >= 0.3 is 6.18 Å². The van der Waals surface area contributed by atoms with Crippen molar-refractivity contribution in [1.29, 1.82) is 0 Å². The molecule has 0 radical (unpaired) electrons. The first-order valence-corrected chi connectivity index (χ1v) is 7.78. The Morgan fingerprint density at radius 2 is 2.05 bits per heavy atom. The fourth-order valence-corrected chi connectivity index (χ4v) is 2.89. The summed E-state index contributed by atoms with van der Waals surface area (Å²) in [5.74, 6) is 0.518. The predicted molar refractivity (Wildman–Crippen MR) is 78.5 cm³/mol. The summed E-state index contributed by atoms with van der Waals surface area (Å²) in [6, 6.07) is 1.99. The van der Waals surface area contributed by atoms with Crippen molar-refractivity contribution in [2.24, 2.45) is 4.99 Å². The number of thiophene rings is 1. The molecule has 0 unspecified atom stereocenters. The van der Waals surface area contributed by atoms with Crippen LogP contribution in [0.3, 0.4) is 0 Å². The molecule has 4 nitrogen and oxygen atoms in total. The number of guanidine groups is 1. The Morgan fingerprint density at radius 3 is 2.62 bits per heavy atom. The van der Waals surface area contributed by atoms with Crippen LogP contribution in [0, 0.1) is 0 Å². The van der Waals surface area contributed by atoms with Gasteiger partial charge in [-0.3, -0.25) is 4.99 Å². The molecule has 21 heavy (non-hydrogen) atoms. The summed E-state index contributed by atoms with van der Waals surface area (Å²) in [6.07, 6.45) is -4.40. The lowest BCUT2D eigenvalue weighted by molar-refractivity contribution is -0.140. The van der Waals surface area contributed by atoms with Gasteiger partial charge in [-0.1, -0.05) is 0 Å². The Labute approximate surface area is 127 Å². The van der Waals surface area contributed by atoms with Gasteiger partial charge in [-0.2, -0.15) is 24.5 Å². The highest BCUT2D eigenvalue weighted by Crippen LogP contribution is 2.29. The first kappa shape index (κ1) is 15.8. The van der Waals surface area contributed by atoms with Crippen molar-refractivity contribution in [3.63, 3.8) is 0 Å². The van der Waals surface area contributed by atoms with Crippen molar-refractivity contribution in [1.82, 2.24) is 15.6 Å². The molecule has 2 aromatic heterocycles. The number of halogens is 3. The fraction of sp³-hybridized carbons (Fsp3) is 0.333. The molecule has 0 aliphatic rings. The lowest BCUT2D eigenvalue weighted by Gasteiger charge is -2.10. The van der Waals surface area contributed by atoms with Crippen LogP contribution in [0.2, 0.25) is 0 Å². The molecular formula is C12H13F3N4S2. The van der Waals surface area contributed by atoms with Crippen LogP contribution in [-0.2, 0) is 19.3 Å². The molecule has 0 atom stereocenters. The van der Waals surface area contributed by atoms with Gasteiger partial charge in [-0.25, -0.2) is 4.98 Å². The standard InChI is InChI=1S/C12H13F3N4S2/c1-16-11(17-4-8-2-3-20-6-8)18-5-10-19-9(7-21-10)12(13,14)15/h2-3,6-7H,4-5H2,1H3,(H2,16,17,18). The van der Waals surface area contributed by atoms with E-state index in [-0.39, 0.29) is 6.54 Å². The normalized spacial score (nSPS) is 12.5. The third-order valence-electron chi connectivity index (χ3n) is 2.51. The fourth-order valence-electron chi connectivity index (χ4n) is 1.48. The van der Waals surface area contributed by atoms with Crippen molar-refractivity contribution in [3.05, 3.63) is 38.5 Å². The van der Waals surface area contributed by atoms with E-state index in [2.05, 4.69) is 20.6 Å². The van der Waals surface area contributed by atoms with Crippen LogP contribution in [0.1, 0.15) is 16.3 Å². The summed E-state index contributed by atoms with van der Waals surface area (Å²) in [7, 11) is 1.60. The largest absolute Gasteiger partial charge is 0.434 e. The molecule has 0 saturated heterocycles. The Hall–Kier alpha value is -1.61. The van der Waals surface area contributed by atoms with Gasteiger partial charge in [0.05, 0.1) is 6.54 Å². The molecule has 0 amide bonds. The van der Waals surface area contributed by atoms with E-state index in [9.17, 15) is 13.2 Å². The molecule has 0 fully saturated rings. The second-order valence-corrected chi connectivity index (χ2v) is 5.76. The van der Waals surface area contributed by atoms with Crippen LogP contribution in [0.5, 0.6) is 0 Å². The van der Waals surface area contributed by atoms with Crippen molar-refractivity contribution in [3.8, 4) is 0 Å². The predicted octanol–water partition coefficient (Wildman–Crippen LogP) is 3.09. The molecule has 0 aliphatic carbocycles. The zero-order chi connectivity index (χ0) is 15.3. The van der Waals surface area contributed by atoms with Crippen LogP contribution in [-0.4, -0.2) is 18.0 Å². The molecule has 2 aromatic rings. The maximum absolute atomic E-state index is 12.4. The van der Waals surface area contributed by atoms with E-state index in [0.717, 1.165) is 22.3 Å². The molecule has 0 aromatic carbocycles. The minimum absolute atomic E-state index is 0.198. The smallest absolute Gasteiger partial charge is 0.352 e. The summed E-state index contributed by atoms with van der Waals surface area (Å²) in [5.41, 5.74) is 0.266. The molecule has 9 heteroatoms. The molecular weight excluding hydrogens is 321 g/mol. The second kappa shape index (κ2) is 6.90. The highest BCUT2D eigenvalue weighted by Gasteiger charge is 2.33.